The van der Waals surface area contributed by atoms with E-state index in [4.69, 9.17) is 4.98 Å². The highest BCUT2D eigenvalue weighted by atomic mass is 28.3. The van der Waals surface area contributed by atoms with Crippen LogP contribution in [-0.4, -0.2) is 13.1 Å². The topological polar surface area (TPSA) is 12.9 Å². The van der Waals surface area contributed by atoms with Gasteiger partial charge in [-0.3, -0.25) is 0 Å². The zero-order valence-corrected chi connectivity index (χ0v) is 23.1. The molecule has 0 amide bonds. The van der Waals surface area contributed by atoms with Gasteiger partial charge in [0.05, 0.1) is 19.3 Å². The maximum Gasteiger partial charge on any atom is 0.0775 e. The highest BCUT2D eigenvalue weighted by molar-refractivity contribution is 6.88. The van der Waals surface area contributed by atoms with Gasteiger partial charge in [-0.25, -0.2) is 4.98 Å². The summed E-state index contributed by atoms with van der Waals surface area (Å²) in [6.45, 7) is 7.17. The van der Waals surface area contributed by atoms with Crippen LogP contribution in [0.25, 0.3) is 55.5 Å². The van der Waals surface area contributed by atoms with E-state index in [9.17, 15) is 0 Å². The first-order chi connectivity index (χ1) is 18.4. The van der Waals surface area contributed by atoms with Crippen molar-refractivity contribution in [3.8, 4) is 44.6 Å². The zero-order valence-electron chi connectivity index (χ0n) is 22.1. The normalized spacial score (nSPS) is 11.6. The lowest BCUT2D eigenvalue weighted by Gasteiger charge is -2.16. The van der Waals surface area contributed by atoms with Crippen LogP contribution in [0.2, 0.25) is 19.6 Å². The van der Waals surface area contributed by atoms with Crippen LogP contribution >= 0.6 is 0 Å². The summed E-state index contributed by atoms with van der Waals surface area (Å²) in [7, 11) is -1.27. The van der Waals surface area contributed by atoms with Crippen molar-refractivity contribution in [1.82, 2.24) is 4.98 Å². The Morgan fingerprint density at radius 1 is 0.395 bits per heavy atom. The van der Waals surface area contributed by atoms with Crippen molar-refractivity contribution in [2.45, 2.75) is 19.6 Å². The van der Waals surface area contributed by atoms with E-state index in [-0.39, 0.29) is 0 Å². The largest absolute Gasteiger partial charge is 0.248 e. The Hall–Kier alpha value is -4.27. The number of benzene rings is 5. The van der Waals surface area contributed by atoms with Crippen molar-refractivity contribution < 1.29 is 0 Å². The van der Waals surface area contributed by atoms with Crippen LogP contribution in [0.5, 0.6) is 0 Å². The molecule has 6 aromatic rings. The molecule has 1 nitrogen and oxygen atoms in total. The summed E-state index contributed by atoms with van der Waals surface area (Å²) >= 11 is 0. The molecule has 0 saturated carbocycles. The fourth-order valence-corrected chi connectivity index (χ4v) is 6.10. The van der Waals surface area contributed by atoms with E-state index in [0.717, 1.165) is 16.8 Å². The van der Waals surface area contributed by atoms with E-state index < -0.39 is 8.07 Å². The molecular formula is C36H31NSi. The summed E-state index contributed by atoms with van der Waals surface area (Å²) in [6.07, 6.45) is 0. The maximum absolute atomic E-state index is 4.83. The molecule has 0 aliphatic heterocycles. The average Bonchev–Trinajstić information content (AvgIpc) is 2.97. The Morgan fingerprint density at radius 3 is 1.24 bits per heavy atom. The second kappa shape index (κ2) is 9.89. The van der Waals surface area contributed by atoms with Crippen LogP contribution in [0.3, 0.4) is 0 Å². The van der Waals surface area contributed by atoms with Crippen molar-refractivity contribution in [2.24, 2.45) is 0 Å². The number of fused-ring (bicyclic) bond motifs is 1. The van der Waals surface area contributed by atoms with E-state index in [2.05, 4.69) is 141 Å². The standard InChI is InChI=1S/C36H31NSi/c1-38(2,3)34-23-20-31(21-24-34)29-14-12-27(13-15-29)26-8-10-28(11-9-26)30-16-18-33(19-17-30)36-25-22-32-6-4-5-7-35(32)37-36/h4-25H,1-3H3. The van der Waals surface area contributed by atoms with Crippen molar-refractivity contribution in [3.63, 3.8) is 0 Å². The monoisotopic (exact) mass is 505 g/mol. The van der Waals surface area contributed by atoms with E-state index in [0.29, 0.717) is 0 Å². The van der Waals surface area contributed by atoms with Crippen molar-refractivity contribution >= 4 is 24.2 Å². The molecule has 1 heterocycles. The minimum absolute atomic E-state index is 1.00. The van der Waals surface area contributed by atoms with E-state index in [1.807, 2.05) is 12.1 Å². The lowest BCUT2D eigenvalue weighted by molar-refractivity contribution is 1.40. The molecule has 5 aromatic carbocycles. The molecule has 2 heteroatoms. The molecule has 0 fully saturated rings. The molecule has 1 aromatic heterocycles. The third-order valence-corrected chi connectivity index (χ3v) is 9.37. The average molecular weight is 506 g/mol. The SMILES string of the molecule is C[Si](C)(C)c1ccc(-c2ccc(-c3ccc(-c4ccc(-c5ccc6ccccc6n5)cc4)cc3)cc2)cc1. The Bertz CT molecular complexity index is 1690. The third-order valence-electron chi connectivity index (χ3n) is 7.30. The second-order valence-corrected chi connectivity index (χ2v) is 16.0. The summed E-state index contributed by atoms with van der Waals surface area (Å²) < 4.78 is 0. The first-order valence-electron chi connectivity index (χ1n) is 13.2. The number of pyridine rings is 1. The van der Waals surface area contributed by atoms with E-state index in [1.165, 1.54) is 44.0 Å². The lowest BCUT2D eigenvalue weighted by atomic mass is 9.97. The molecule has 0 atom stereocenters. The number of rotatable bonds is 5. The van der Waals surface area contributed by atoms with Crippen LogP contribution in [-0.2, 0) is 0 Å². The first kappa shape index (κ1) is 24.1. The third kappa shape index (κ3) is 4.96. The zero-order chi connectivity index (χ0) is 26.1. The number of para-hydroxylation sites is 1. The highest BCUT2D eigenvalue weighted by Gasteiger charge is 2.15. The summed E-state index contributed by atoms with van der Waals surface area (Å²) in [4.78, 5) is 4.83. The molecule has 0 unspecified atom stereocenters. The Labute approximate surface area is 226 Å². The van der Waals surface area contributed by atoms with Gasteiger partial charge in [-0.1, -0.05) is 146 Å². The van der Waals surface area contributed by atoms with Gasteiger partial charge in [0.2, 0.25) is 0 Å². The van der Waals surface area contributed by atoms with Crippen LogP contribution in [0, 0.1) is 0 Å². The predicted molar refractivity (Wildman–Crippen MR) is 166 cm³/mol. The van der Waals surface area contributed by atoms with Gasteiger partial charge in [0, 0.05) is 10.9 Å². The molecule has 38 heavy (non-hydrogen) atoms. The molecular weight excluding hydrogens is 474 g/mol. The molecule has 184 valence electrons. The molecule has 0 bridgehead atoms. The first-order valence-corrected chi connectivity index (χ1v) is 16.7. The van der Waals surface area contributed by atoms with Gasteiger partial charge in [0.1, 0.15) is 0 Å². The van der Waals surface area contributed by atoms with Crippen LogP contribution < -0.4 is 5.19 Å². The molecule has 0 N–H and O–H groups in total. The Kier molecular flexibility index (Phi) is 6.27. The minimum atomic E-state index is -1.27. The fraction of sp³-hybridized carbons (Fsp3) is 0.0833. The number of nitrogens with zero attached hydrogens (tertiary/aromatic N) is 1. The van der Waals surface area contributed by atoms with Crippen LogP contribution in [0.1, 0.15) is 0 Å². The molecule has 0 aliphatic rings. The summed E-state index contributed by atoms with van der Waals surface area (Å²) in [5.74, 6) is 0. The van der Waals surface area contributed by atoms with Crippen LogP contribution in [0.4, 0.5) is 0 Å². The smallest absolute Gasteiger partial charge is 0.0775 e. The van der Waals surface area contributed by atoms with Crippen molar-refractivity contribution in [1.29, 1.82) is 0 Å². The minimum Gasteiger partial charge on any atom is -0.248 e. The van der Waals surface area contributed by atoms with Gasteiger partial charge < -0.3 is 0 Å². The van der Waals surface area contributed by atoms with E-state index in [1.54, 1.807) is 0 Å². The quantitative estimate of drug-likeness (QED) is 0.213. The lowest BCUT2D eigenvalue weighted by Crippen LogP contribution is -2.37. The molecule has 6 rings (SSSR count). The molecule has 0 radical (unpaired) electrons. The summed E-state index contributed by atoms with van der Waals surface area (Å²) in [5.41, 5.74) is 10.6. The predicted octanol–water partition coefficient (Wildman–Crippen LogP) is 9.45. The van der Waals surface area contributed by atoms with Crippen molar-refractivity contribution in [3.05, 3.63) is 133 Å². The maximum atomic E-state index is 4.83. The number of aromatic nitrogens is 1. The van der Waals surface area contributed by atoms with E-state index >= 15 is 0 Å². The molecule has 0 aliphatic carbocycles. The fourth-order valence-electron chi connectivity index (χ4n) is 4.93. The van der Waals surface area contributed by atoms with Gasteiger partial charge in [-0.05, 0) is 45.5 Å². The van der Waals surface area contributed by atoms with Gasteiger partial charge in [0.25, 0.3) is 0 Å². The second-order valence-electron chi connectivity index (χ2n) is 10.9. The van der Waals surface area contributed by atoms with Crippen LogP contribution in [0.15, 0.2) is 133 Å². The van der Waals surface area contributed by atoms with Gasteiger partial charge in [-0.2, -0.15) is 0 Å². The van der Waals surface area contributed by atoms with Gasteiger partial charge >= 0.3 is 0 Å². The van der Waals surface area contributed by atoms with Gasteiger partial charge in [-0.15, -0.1) is 0 Å². The Balaban J connectivity index is 1.18. The summed E-state index contributed by atoms with van der Waals surface area (Å²) in [6, 6.07) is 48.1. The van der Waals surface area contributed by atoms with Crippen molar-refractivity contribution in [2.75, 3.05) is 0 Å². The molecule has 0 saturated heterocycles. The molecule has 0 spiro atoms. The Morgan fingerprint density at radius 2 is 0.789 bits per heavy atom. The number of hydrogen-bond acceptors (Lipinski definition) is 1. The number of hydrogen-bond donors (Lipinski definition) is 0. The summed E-state index contributed by atoms with van der Waals surface area (Å²) in [5, 5.41) is 2.66. The highest BCUT2D eigenvalue weighted by Crippen LogP contribution is 2.29. The van der Waals surface area contributed by atoms with Gasteiger partial charge in [0.15, 0.2) is 0 Å².